The number of nitrogens with one attached hydrogen (secondary N) is 2. The average Bonchev–Trinajstić information content (AvgIpc) is 3.25. The van der Waals surface area contributed by atoms with Crippen LogP contribution < -0.4 is 10.6 Å². The van der Waals surface area contributed by atoms with Crippen LogP contribution in [0.1, 0.15) is 30.6 Å². The molecule has 2 aromatic carbocycles. The Morgan fingerprint density at radius 3 is 2.66 bits per heavy atom. The Labute approximate surface area is 188 Å². The molecule has 9 nitrogen and oxygen atoms in total. The summed E-state index contributed by atoms with van der Waals surface area (Å²) in [6.45, 7) is 3.58. The number of halogens is 1. The van der Waals surface area contributed by atoms with E-state index in [9.17, 15) is 19.7 Å². The lowest BCUT2D eigenvalue weighted by molar-refractivity contribution is -0.385. The monoisotopic (exact) mass is 453 g/mol. The van der Waals surface area contributed by atoms with E-state index in [0.29, 0.717) is 28.5 Å². The first-order valence-corrected chi connectivity index (χ1v) is 10.4. The van der Waals surface area contributed by atoms with Crippen molar-refractivity contribution in [3.05, 3.63) is 68.9 Å². The second kappa shape index (κ2) is 8.43. The number of nitrogens with zero attached hydrogens (tertiary/aromatic N) is 3. The van der Waals surface area contributed by atoms with Gasteiger partial charge in [0.1, 0.15) is 11.9 Å². The van der Waals surface area contributed by atoms with E-state index in [4.69, 9.17) is 11.6 Å². The lowest BCUT2D eigenvalue weighted by atomic mass is 10.0. The lowest BCUT2D eigenvalue weighted by Crippen LogP contribution is -2.24. The zero-order valence-corrected chi connectivity index (χ0v) is 18.1. The van der Waals surface area contributed by atoms with Crippen LogP contribution in [0.5, 0.6) is 0 Å². The summed E-state index contributed by atoms with van der Waals surface area (Å²) >= 11 is 6.00. The third-order valence-electron chi connectivity index (χ3n) is 5.36. The minimum Gasteiger partial charge on any atom is -0.326 e. The van der Waals surface area contributed by atoms with Crippen LogP contribution >= 0.6 is 11.6 Å². The molecular formula is C22H20ClN5O4. The molecule has 2 amide bonds. The minimum atomic E-state index is -0.822. The van der Waals surface area contributed by atoms with Gasteiger partial charge >= 0.3 is 0 Å². The number of fused-ring (bicyclic) bond motifs is 1. The first-order chi connectivity index (χ1) is 15.3. The molecule has 1 aliphatic rings. The van der Waals surface area contributed by atoms with E-state index < -0.39 is 16.9 Å². The number of hydrogen-bond acceptors (Lipinski definition) is 5. The Kier molecular flexibility index (Phi) is 5.67. The molecule has 1 aliphatic heterocycles. The largest absolute Gasteiger partial charge is 0.326 e. The number of nitro benzene ring substituents is 1. The highest BCUT2D eigenvalue weighted by Crippen LogP contribution is 2.39. The van der Waals surface area contributed by atoms with Crippen molar-refractivity contribution in [2.45, 2.75) is 32.7 Å². The van der Waals surface area contributed by atoms with Gasteiger partial charge in [-0.3, -0.25) is 19.7 Å². The third-order valence-corrected chi connectivity index (χ3v) is 5.61. The number of rotatable bonds is 6. The number of hydrogen-bond donors (Lipinski definition) is 2. The summed E-state index contributed by atoms with van der Waals surface area (Å²) in [6, 6.07) is 10.9. The van der Waals surface area contributed by atoms with Gasteiger partial charge in [0.05, 0.1) is 17.0 Å². The number of carbonyl (C=O) groups is 2. The van der Waals surface area contributed by atoms with Crippen LogP contribution in [0, 0.1) is 17.0 Å². The van der Waals surface area contributed by atoms with Crippen molar-refractivity contribution >= 4 is 40.6 Å². The molecule has 0 bridgehead atoms. The number of benzene rings is 2. The molecule has 1 aromatic heterocycles. The fraction of sp³-hybridized carbons (Fsp3) is 0.227. The van der Waals surface area contributed by atoms with E-state index in [1.54, 1.807) is 35.9 Å². The van der Waals surface area contributed by atoms with E-state index in [1.165, 1.54) is 6.07 Å². The third kappa shape index (κ3) is 3.94. The van der Waals surface area contributed by atoms with Crippen LogP contribution in [-0.4, -0.2) is 26.5 Å². The Morgan fingerprint density at radius 2 is 2.00 bits per heavy atom. The number of nitro groups is 1. The van der Waals surface area contributed by atoms with E-state index >= 15 is 0 Å². The van der Waals surface area contributed by atoms with E-state index in [0.717, 1.165) is 16.8 Å². The highest BCUT2D eigenvalue weighted by molar-refractivity contribution is 6.30. The molecule has 3 aromatic rings. The normalized spacial score (nSPS) is 14.7. The minimum absolute atomic E-state index is 0.0871. The molecule has 0 radical (unpaired) electrons. The van der Waals surface area contributed by atoms with Gasteiger partial charge in [0.15, 0.2) is 0 Å². The smallest absolute Gasteiger partial charge is 0.274 e. The first-order valence-electron chi connectivity index (χ1n) is 10.0. The summed E-state index contributed by atoms with van der Waals surface area (Å²) in [5, 5.41) is 21.8. The fourth-order valence-electron chi connectivity index (χ4n) is 3.76. The summed E-state index contributed by atoms with van der Waals surface area (Å²) < 4.78 is 1.54. The first kappa shape index (κ1) is 21.5. The molecular weight excluding hydrogens is 434 g/mol. The lowest BCUT2D eigenvalue weighted by Gasteiger charge is -2.10. The van der Waals surface area contributed by atoms with Crippen LogP contribution in [-0.2, 0) is 16.0 Å². The van der Waals surface area contributed by atoms with Crippen LogP contribution in [0.25, 0.3) is 11.1 Å². The summed E-state index contributed by atoms with van der Waals surface area (Å²) in [5.41, 5.74) is 3.16. The molecule has 1 unspecified atom stereocenters. The highest BCUT2D eigenvalue weighted by Gasteiger charge is 2.36. The van der Waals surface area contributed by atoms with Crippen molar-refractivity contribution in [1.29, 1.82) is 0 Å². The van der Waals surface area contributed by atoms with Gasteiger partial charge in [0.2, 0.25) is 5.91 Å². The Morgan fingerprint density at radius 1 is 1.28 bits per heavy atom. The van der Waals surface area contributed by atoms with Gasteiger partial charge in [0, 0.05) is 27.9 Å². The Hall–Kier alpha value is -3.72. The maximum Gasteiger partial charge on any atom is 0.274 e. The molecule has 2 heterocycles. The molecule has 0 fully saturated rings. The topological polar surface area (TPSA) is 119 Å². The molecule has 0 aliphatic carbocycles. The molecule has 2 N–H and O–H groups in total. The number of aryl methyl sites for hydroxylation is 2. The number of anilines is 2. The van der Waals surface area contributed by atoms with Crippen molar-refractivity contribution in [2.24, 2.45) is 0 Å². The Bertz CT molecular complexity index is 1240. The standard InChI is InChI=1S/C22H20ClN5O4/c1-3-16-20(13-5-7-14(23)8-6-13)21-25-22(30)18(27(21)26-16)11-19(29)24-15-9-4-12(2)17(10-15)28(31)32/h4-10,18H,3,11H2,1-2H3,(H,24,29)(H,25,30). The highest BCUT2D eigenvalue weighted by atomic mass is 35.5. The quantitative estimate of drug-likeness (QED) is 0.420. The summed E-state index contributed by atoms with van der Waals surface area (Å²) in [7, 11) is 0. The summed E-state index contributed by atoms with van der Waals surface area (Å²) in [4.78, 5) is 35.9. The van der Waals surface area contributed by atoms with Crippen molar-refractivity contribution in [3.8, 4) is 11.1 Å². The van der Waals surface area contributed by atoms with Gasteiger partial charge in [-0.1, -0.05) is 36.7 Å². The maximum atomic E-state index is 12.6. The average molecular weight is 454 g/mol. The van der Waals surface area contributed by atoms with Crippen LogP contribution in [0.2, 0.25) is 5.02 Å². The summed E-state index contributed by atoms with van der Waals surface area (Å²) in [5.74, 6) is -0.244. The summed E-state index contributed by atoms with van der Waals surface area (Å²) in [6.07, 6.45) is 0.477. The zero-order chi connectivity index (χ0) is 23.0. The van der Waals surface area contributed by atoms with Gasteiger partial charge < -0.3 is 10.6 Å². The SMILES string of the molecule is CCc1nn2c(c1-c1ccc(Cl)cc1)NC(=O)C2CC(=O)Nc1ccc(C)c([N+](=O)[O-])c1. The van der Waals surface area contributed by atoms with Crippen LogP contribution in [0.3, 0.4) is 0 Å². The predicted octanol–water partition coefficient (Wildman–Crippen LogP) is 4.50. The second-order valence-corrected chi connectivity index (χ2v) is 7.93. The van der Waals surface area contributed by atoms with Crippen LogP contribution in [0.15, 0.2) is 42.5 Å². The molecule has 1 atom stereocenters. The van der Waals surface area contributed by atoms with Gasteiger partial charge in [-0.2, -0.15) is 5.10 Å². The number of aromatic nitrogens is 2. The Balaban J connectivity index is 1.59. The van der Waals surface area contributed by atoms with Crippen molar-refractivity contribution in [3.63, 3.8) is 0 Å². The van der Waals surface area contributed by atoms with E-state index in [2.05, 4.69) is 15.7 Å². The molecule has 32 heavy (non-hydrogen) atoms. The molecule has 0 saturated carbocycles. The van der Waals surface area contributed by atoms with Gasteiger partial charge in [-0.05, 0) is 37.1 Å². The molecule has 0 saturated heterocycles. The number of carbonyl (C=O) groups excluding carboxylic acids is 2. The molecule has 164 valence electrons. The predicted molar refractivity (Wildman–Crippen MR) is 121 cm³/mol. The van der Waals surface area contributed by atoms with Gasteiger partial charge in [-0.15, -0.1) is 0 Å². The van der Waals surface area contributed by atoms with Crippen molar-refractivity contribution < 1.29 is 14.5 Å². The maximum absolute atomic E-state index is 12.6. The molecule has 0 spiro atoms. The number of amides is 2. The second-order valence-electron chi connectivity index (χ2n) is 7.49. The van der Waals surface area contributed by atoms with E-state index in [-0.39, 0.29) is 18.0 Å². The fourth-order valence-corrected chi connectivity index (χ4v) is 3.88. The van der Waals surface area contributed by atoms with Crippen molar-refractivity contribution in [1.82, 2.24) is 9.78 Å². The molecule has 4 rings (SSSR count). The van der Waals surface area contributed by atoms with Gasteiger partial charge in [-0.25, -0.2) is 4.68 Å². The van der Waals surface area contributed by atoms with Gasteiger partial charge in [0.25, 0.3) is 11.6 Å². The van der Waals surface area contributed by atoms with Crippen molar-refractivity contribution in [2.75, 3.05) is 10.6 Å². The molecule has 10 heteroatoms. The van der Waals surface area contributed by atoms with E-state index in [1.807, 2.05) is 19.1 Å². The van der Waals surface area contributed by atoms with Crippen LogP contribution in [0.4, 0.5) is 17.2 Å². The zero-order valence-electron chi connectivity index (χ0n) is 17.4.